The Bertz CT molecular complexity index is 1480. The van der Waals surface area contributed by atoms with Crippen molar-refractivity contribution >= 4 is 23.7 Å². The number of epoxide rings is 1. The molecule has 1 aromatic rings. The van der Waals surface area contributed by atoms with E-state index in [-0.39, 0.29) is 43.2 Å². The molecular weight excluding hydrogens is 596 g/mol. The third-order valence-electron chi connectivity index (χ3n) is 13.1. The molecule has 11 nitrogen and oxygen atoms in total. The smallest absolute Gasteiger partial charge is 0.306 e. The van der Waals surface area contributed by atoms with Crippen LogP contribution in [0.2, 0.25) is 0 Å². The Morgan fingerprint density at radius 3 is 2.33 bits per heavy atom. The molecule has 2 saturated heterocycles. The lowest BCUT2D eigenvalue weighted by molar-refractivity contribution is -0.321. The van der Waals surface area contributed by atoms with Gasteiger partial charge in [-0.15, -0.1) is 0 Å². The molecule has 2 spiro atoms. The van der Waals surface area contributed by atoms with Crippen molar-refractivity contribution in [2.75, 3.05) is 0 Å². The lowest BCUT2D eigenvalue weighted by Crippen LogP contribution is -2.79. The Morgan fingerprint density at radius 2 is 1.72 bits per heavy atom. The summed E-state index contributed by atoms with van der Waals surface area (Å²) in [6.07, 6.45) is 1.37. The van der Waals surface area contributed by atoms with E-state index in [9.17, 15) is 24.3 Å². The normalized spacial score (nSPS) is 47.7. The first-order valence-corrected chi connectivity index (χ1v) is 16.6. The lowest BCUT2D eigenvalue weighted by atomic mass is 9.36. The maximum absolute atomic E-state index is 13.8. The highest BCUT2D eigenvalue weighted by Gasteiger charge is 2.95. The Hall–Kier alpha value is -2.76. The molecule has 6 fully saturated rings. The van der Waals surface area contributed by atoms with Gasteiger partial charge in [0.15, 0.2) is 5.78 Å². The fourth-order valence-electron chi connectivity index (χ4n) is 11.9. The maximum atomic E-state index is 13.8. The van der Waals surface area contributed by atoms with Gasteiger partial charge in [-0.25, -0.2) is 0 Å². The quantitative estimate of drug-likeness (QED) is 0.270. The fraction of sp³-hybridized carbons (Fsp3) is 0.771. The van der Waals surface area contributed by atoms with E-state index in [2.05, 4.69) is 0 Å². The van der Waals surface area contributed by atoms with Crippen LogP contribution in [0.5, 0.6) is 0 Å². The Labute approximate surface area is 269 Å². The van der Waals surface area contributed by atoms with Gasteiger partial charge in [-0.1, -0.05) is 27.7 Å². The van der Waals surface area contributed by atoms with E-state index in [4.69, 9.17) is 28.1 Å². The van der Waals surface area contributed by atoms with Crippen LogP contribution in [0.1, 0.15) is 99.0 Å². The van der Waals surface area contributed by atoms with Crippen molar-refractivity contribution in [2.24, 2.45) is 34.0 Å². The predicted molar refractivity (Wildman–Crippen MR) is 159 cm³/mol. The molecule has 0 bridgehead atoms. The summed E-state index contributed by atoms with van der Waals surface area (Å²) in [7, 11) is 0. The molecule has 0 aromatic carbocycles. The highest BCUT2D eigenvalue weighted by Crippen LogP contribution is 2.85. The largest absolute Gasteiger partial charge is 0.472 e. The number of esters is 3. The summed E-state index contributed by atoms with van der Waals surface area (Å²) in [5.41, 5.74) is -4.55. The molecule has 6 aliphatic rings. The highest BCUT2D eigenvalue weighted by atomic mass is 16.7. The highest BCUT2D eigenvalue weighted by molar-refractivity contribution is 5.90. The number of carbonyl (C=O) groups is 4. The van der Waals surface area contributed by atoms with E-state index in [1.165, 1.54) is 13.8 Å². The summed E-state index contributed by atoms with van der Waals surface area (Å²) in [5, 5.41) is 12.5. The van der Waals surface area contributed by atoms with Gasteiger partial charge in [-0.2, -0.15) is 0 Å². The first kappa shape index (κ1) is 31.8. The number of aliphatic hydroxyl groups is 1. The number of ether oxygens (including phenoxy) is 5. The molecule has 7 rings (SSSR count). The number of hydrogen-bond donors (Lipinski definition) is 1. The fourth-order valence-corrected chi connectivity index (χ4v) is 11.9. The average molecular weight is 643 g/mol. The zero-order valence-electron chi connectivity index (χ0n) is 27.9. The van der Waals surface area contributed by atoms with Crippen LogP contribution < -0.4 is 0 Å². The summed E-state index contributed by atoms with van der Waals surface area (Å²) in [6.45, 7) is 14.2. The first-order valence-electron chi connectivity index (χ1n) is 16.6. The zero-order chi connectivity index (χ0) is 33.4. The van der Waals surface area contributed by atoms with Crippen LogP contribution in [-0.4, -0.2) is 70.2 Å². The van der Waals surface area contributed by atoms with E-state index in [0.717, 1.165) is 5.56 Å². The number of carbonyl (C=O) groups excluding carboxylic acids is 4. The number of furan rings is 1. The third-order valence-corrected chi connectivity index (χ3v) is 13.1. The summed E-state index contributed by atoms with van der Waals surface area (Å²) in [4.78, 5) is 53.4. The molecule has 12 atom stereocenters. The first-order chi connectivity index (χ1) is 21.4. The van der Waals surface area contributed by atoms with Crippen molar-refractivity contribution in [3.8, 4) is 0 Å². The number of ketones is 1. The van der Waals surface area contributed by atoms with Gasteiger partial charge in [0, 0.05) is 60.7 Å². The van der Waals surface area contributed by atoms with E-state index in [1.807, 2.05) is 47.6 Å². The molecule has 4 aliphatic carbocycles. The molecule has 1 aromatic heterocycles. The number of fused-ring (bicyclic) bond motifs is 1. The van der Waals surface area contributed by atoms with Gasteiger partial charge in [0.2, 0.25) is 5.79 Å². The van der Waals surface area contributed by atoms with Crippen LogP contribution in [0.4, 0.5) is 0 Å². The SMILES string of the molecule is CC(=O)O[C@H]1[C@H](OC(C)=O)[C@]2(C)[C@@H](c3ccoc3)C[C@@H]3O[C@@]32[C@@]2(C)[C@H](OC(=O)CC(C)C)C[C@H]3C(C)(C)O[C@]4(O)C(=O)CC[C@]34[C@@H]12. The number of hydrogen-bond acceptors (Lipinski definition) is 11. The molecule has 252 valence electrons. The third kappa shape index (κ3) is 3.60. The van der Waals surface area contributed by atoms with E-state index < -0.39 is 81.1 Å². The maximum Gasteiger partial charge on any atom is 0.306 e. The van der Waals surface area contributed by atoms with Crippen molar-refractivity contribution < 1.29 is 52.4 Å². The molecule has 11 heteroatoms. The van der Waals surface area contributed by atoms with Gasteiger partial charge < -0.3 is 33.2 Å². The molecule has 4 saturated carbocycles. The molecule has 1 N–H and O–H groups in total. The topological polar surface area (TPSA) is 151 Å². The minimum absolute atomic E-state index is 0.0497. The molecule has 0 unspecified atom stereocenters. The van der Waals surface area contributed by atoms with Crippen LogP contribution in [0.3, 0.4) is 0 Å². The van der Waals surface area contributed by atoms with Crippen LogP contribution in [0.15, 0.2) is 23.0 Å². The second-order valence-electron chi connectivity index (χ2n) is 16.0. The van der Waals surface area contributed by atoms with Crippen molar-refractivity contribution in [1.82, 2.24) is 0 Å². The van der Waals surface area contributed by atoms with E-state index in [0.29, 0.717) is 12.8 Å². The summed E-state index contributed by atoms with van der Waals surface area (Å²) < 4.78 is 37.9. The Morgan fingerprint density at radius 1 is 1.02 bits per heavy atom. The zero-order valence-corrected chi connectivity index (χ0v) is 27.9. The minimum Gasteiger partial charge on any atom is -0.472 e. The Kier molecular flexibility index (Phi) is 6.68. The van der Waals surface area contributed by atoms with Crippen LogP contribution in [0.25, 0.3) is 0 Å². The lowest BCUT2D eigenvalue weighted by Gasteiger charge is -2.68. The molecule has 0 radical (unpaired) electrons. The van der Waals surface area contributed by atoms with Gasteiger partial charge in [0.1, 0.15) is 23.9 Å². The minimum atomic E-state index is -2.20. The second kappa shape index (κ2) is 9.66. The van der Waals surface area contributed by atoms with Crippen molar-refractivity contribution in [3.05, 3.63) is 24.2 Å². The Balaban J connectivity index is 1.53. The number of Topliss-reactive ketones (excluding diaryl/α,β-unsaturated/α-hetero) is 1. The summed E-state index contributed by atoms with van der Waals surface area (Å²) in [5.74, 6) is -5.70. The monoisotopic (exact) mass is 642 g/mol. The standard InChI is InChI=1S/C35H46O11/c1-17(2)13-26(39)44-24-15-22-30(5,6)46-35(40)23(38)9-11-33(22,35)28-27(42-18(3)36)29(43-19(4)37)31(7)21(20-10-12-41-16-20)14-25-34(31,45-25)32(24,28)8/h10,12,16-17,21-22,24-25,27-29,40H,9,11,13-15H2,1-8H3/t21-,22+,24-,25+,27-,28+,29+,31+,32+,33-,34+,35-/m1/s1. The van der Waals surface area contributed by atoms with Gasteiger partial charge in [0.05, 0.1) is 24.2 Å². The van der Waals surface area contributed by atoms with Gasteiger partial charge in [-0.3, -0.25) is 19.2 Å². The van der Waals surface area contributed by atoms with E-state index >= 15 is 0 Å². The van der Waals surface area contributed by atoms with Crippen LogP contribution >= 0.6 is 0 Å². The van der Waals surface area contributed by atoms with Gasteiger partial charge >= 0.3 is 17.9 Å². The van der Waals surface area contributed by atoms with Crippen LogP contribution in [-0.2, 0) is 42.9 Å². The number of rotatable bonds is 6. The summed E-state index contributed by atoms with van der Waals surface area (Å²) in [6, 6.07) is 1.88. The average Bonchev–Trinajstić information content (AvgIpc) is 3.14. The predicted octanol–water partition coefficient (Wildman–Crippen LogP) is 4.23. The molecule has 2 aliphatic heterocycles. The van der Waals surface area contributed by atoms with Gasteiger partial charge in [0.25, 0.3) is 0 Å². The van der Waals surface area contributed by atoms with Gasteiger partial charge in [-0.05, 0) is 50.7 Å². The summed E-state index contributed by atoms with van der Waals surface area (Å²) >= 11 is 0. The van der Waals surface area contributed by atoms with Crippen molar-refractivity contribution in [1.29, 1.82) is 0 Å². The molecular formula is C35H46O11. The van der Waals surface area contributed by atoms with Crippen molar-refractivity contribution in [2.45, 2.75) is 135 Å². The van der Waals surface area contributed by atoms with Crippen LogP contribution in [0, 0.1) is 34.0 Å². The second-order valence-corrected chi connectivity index (χ2v) is 16.0. The molecule has 3 heterocycles. The van der Waals surface area contributed by atoms with Crippen molar-refractivity contribution in [3.63, 3.8) is 0 Å². The van der Waals surface area contributed by atoms with E-state index in [1.54, 1.807) is 12.5 Å². The molecule has 0 amide bonds. The molecule has 46 heavy (non-hydrogen) atoms.